The van der Waals surface area contributed by atoms with Crippen LogP contribution >= 0.6 is 0 Å². The molecule has 0 unspecified atom stereocenters. The highest BCUT2D eigenvalue weighted by Crippen LogP contribution is 2.35. The molecule has 6 nitrogen and oxygen atoms in total. The molecule has 3 N–H and O–H groups in total. The molecular weight excluding hydrogens is 477 g/mol. The maximum Gasteiger partial charge on any atom is 0.136 e. The number of ether oxygens (including phenoxy) is 1. The van der Waals surface area contributed by atoms with Crippen molar-refractivity contribution in [3.63, 3.8) is 0 Å². The number of benzene rings is 3. The number of rotatable bonds is 5. The first-order valence-electron chi connectivity index (χ1n) is 13.0. The molecule has 0 bridgehead atoms. The maximum atomic E-state index is 13.5. The van der Waals surface area contributed by atoms with Crippen molar-refractivity contribution in [2.24, 2.45) is 0 Å². The first-order chi connectivity index (χ1) is 18.5. The summed E-state index contributed by atoms with van der Waals surface area (Å²) in [7, 11) is 0. The summed E-state index contributed by atoms with van der Waals surface area (Å²) in [4.78, 5) is 14.8. The summed E-state index contributed by atoms with van der Waals surface area (Å²) in [5, 5.41) is 1.05. The highest BCUT2D eigenvalue weighted by atomic mass is 19.1. The molecule has 0 aliphatic carbocycles. The van der Waals surface area contributed by atoms with Gasteiger partial charge in [-0.2, -0.15) is 0 Å². The molecule has 0 radical (unpaired) electrons. The van der Waals surface area contributed by atoms with Gasteiger partial charge in [0.25, 0.3) is 0 Å². The largest absolute Gasteiger partial charge is 0.491 e. The Kier molecular flexibility index (Phi) is 6.19. The molecule has 38 heavy (non-hydrogen) atoms. The van der Waals surface area contributed by atoms with Crippen molar-refractivity contribution in [1.82, 2.24) is 15.0 Å². The molecule has 0 fully saturated rings. The average molecular weight is 508 g/mol. The molecule has 0 saturated carbocycles. The lowest BCUT2D eigenvalue weighted by Gasteiger charge is -2.24. The number of nitrogen functional groups attached to an aromatic ring is 1. The minimum Gasteiger partial charge on any atom is -0.491 e. The molecule has 7 heteroatoms. The molecule has 2 aromatic heterocycles. The zero-order valence-electron chi connectivity index (χ0n) is 21.6. The smallest absolute Gasteiger partial charge is 0.136 e. The van der Waals surface area contributed by atoms with Gasteiger partial charge < -0.3 is 20.4 Å². The number of nitrogens with two attached hydrogens (primary N) is 1. The quantitative estimate of drug-likeness (QED) is 0.296. The Morgan fingerprint density at radius 3 is 2.63 bits per heavy atom. The molecule has 0 atom stereocenters. The van der Waals surface area contributed by atoms with E-state index in [1.54, 1.807) is 6.33 Å². The minimum absolute atomic E-state index is 0.240. The number of hydrogen-bond acceptors (Lipinski definition) is 5. The second-order valence-electron chi connectivity index (χ2n) is 9.79. The second-order valence-corrected chi connectivity index (χ2v) is 9.79. The van der Waals surface area contributed by atoms with Crippen LogP contribution in [0.4, 0.5) is 15.9 Å². The number of nitrogens with zero attached hydrogens (tertiary/aromatic N) is 3. The van der Waals surface area contributed by atoms with Gasteiger partial charge in [-0.1, -0.05) is 31.2 Å². The summed E-state index contributed by atoms with van der Waals surface area (Å²) in [6, 6.07) is 19.4. The third-order valence-electron chi connectivity index (χ3n) is 7.38. The van der Waals surface area contributed by atoms with Crippen LogP contribution < -0.4 is 15.4 Å². The van der Waals surface area contributed by atoms with Crippen LogP contribution in [0.1, 0.15) is 35.0 Å². The SMILES string of the molecule is CCc1[nH]c2ccc(-c3ccc4c(c3)CN(c3ncnc(C)c3Cc3ccc(F)cc3)CCO4)cc2c1N. The highest BCUT2D eigenvalue weighted by Gasteiger charge is 2.21. The van der Waals surface area contributed by atoms with E-state index >= 15 is 0 Å². The third kappa shape index (κ3) is 4.45. The van der Waals surface area contributed by atoms with Crippen LogP contribution in [0, 0.1) is 12.7 Å². The van der Waals surface area contributed by atoms with E-state index in [-0.39, 0.29) is 5.82 Å². The fourth-order valence-electron chi connectivity index (χ4n) is 5.26. The van der Waals surface area contributed by atoms with Gasteiger partial charge >= 0.3 is 0 Å². The van der Waals surface area contributed by atoms with Crippen LogP contribution in [0.25, 0.3) is 22.0 Å². The number of fused-ring (bicyclic) bond motifs is 2. The van der Waals surface area contributed by atoms with E-state index < -0.39 is 0 Å². The Hall–Kier alpha value is -4.39. The Balaban J connectivity index is 1.34. The Labute approximate surface area is 221 Å². The summed E-state index contributed by atoms with van der Waals surface area (Å²) < 4.78 is 19.6. The molecule has 0 saturated heterocycles. The van der Waals surface area contributed by atoms with Crippen molar-refractivity contribution in [3.05, 3.63) is 101 Å². The molecule has 5 aromatic rings. The molecule has 1 aliphatic heterocycles. The van der Waals surface area contributed by atoms with Gasteiger partial charge in [-0.25, -0.2) is 14.4 Å². The molecule has 3 aromatic carbocycles. The monoisotopic (exact) mass is 507 g/mol. The number of nitrogens with one attached hydrogen (secondary N) is 1. The minimum atomic E-state index is -0.240. The van der Waals surface area contributed by atoms with E-state index in [4.69, 9.17) is 15.5 Å². The van der Waals surface area contributed by atoms with E-state index in [1.165, 1.54) is 12.1 Å². The van der Waals surface area contributed by atoms with Crippen LogP contribution in [0.3, 0.4) is 0 Å². The van der Waals surface area contributed by atoms with E-state index in [0.29, 0.717) is 26.1 Å². The van der Waals surface area contributed by atoms with Crippen molar-refractivity contribution < 1.29 is 9.13 Å². The van der Waals surface area contributed by atoms with Crippen LogP contribution in [0.15, 0.2) is 67.0 Å². The van der Waals surface area contributed by atoms with Crippen molar-refractivity contribution >= 4 is 22.4 Å². The lowest BCUT2D eigenvalue weighted by atomic mass is 10.00. The van der Waals surface area contributed by atoms with E-state index in [2.05, 4.69) is 58.2 Å². The topological polar surface area (TPSA) is 80.1 Å². The van der Waals surface area contributed by atoms with Crippen LogP contribution in [0.5, 0.6) is 5.75 Å². The number of H-pyrrole nitrogens is 1. The van der Waals surface area contributed by atoms with Gasteiger partial charge in [0.15, 0.2) is 0 Å². The van der Waals surface area contributed by atoms with Crippen molar-refractivity contribution in [2.75, 3.05) is 23.8 Å². The Morgan fingerprint density at radius 2 is 1.82 bits per heavy atom. The zero-order chi connectivity index (χ0) is 26.2. The predicted octanol–water partition coefficient (Wildman–Crippen LogP) is 6.21. The number of hydrogen-bond donors (Lipinski definition) is 2. The Morgan fingerprint density at radius 1 is 1.03 bits per heavy atom. The lowest BCUT2D eigenvalue weighted by Crippen LogP contribution is -2.28. The molecular formula is C31H30FN5O. The summed E-state index contributed by atoms with van der Waals surface area (Å²) in [5.41, 5.74) is 15.7. The molecule has 0 amide bonds. The van der Waals surface area contributed by atoms with Gasteiger partial charge in [0.2, 0.25) is 0 Å². The maximum absolute atomic E-state index is 13.5. The second kappa shape index (κ2) is 9.82. The predicted molar refractivity (Wildman–Crippen MR) is 150 cm³/mol. The van der Waals surface area contributed by atoms with Gasteiger partial charge in [-0.3, -0.25) is 0 Å². The van der Waals surface area contributed by atoms with Crippen LogP contribution in [-0.4, -0.2) is 28.1 Å². The van der Waals surface area contributed by atoms with E-state index in [1.807, 2.05) is 19.1 Å². The molecule has 6 rings (SSSR count). The van der Waals surface area contributed by atoms with E-state index in [9.17, 15) is 4.39 Å². The van der Waals surface area contributed by atoms with Gasteiger partial charge in [0.05, 0.1) is 12.2 Å². The Bertz CT molecular complexity index is 1630. The molecule has 1 aliphatic rings. The zero-order valence-corrected chi connectivity index (χ0v) is 21.6. The molecule has 3 heterocycles. The van der Waals surface area contributed by atoms with Crippen LogP contribution in [0.2, 0.25) is 0 Å². The average Bonchev–Trinajstić information content (AvgIpc) is 3.10. The summed E-state index contributed by atoms with van der Waals surface area (Å²) in [6.07, 6.45) is 3.11. The van der Waals surface area contributed by atoms with Gasteiger partial charge in [0.1, 0.15) is 30.3 Å². The van der Waals surface area contributed by atoms with E-state index in [0.717, 1.165) is 73.8 Å². The first kappa shape index (κ1) is 24.0. The van der Waals surface area contributed by atoms with Crippen molar-refractivity contribution in [2.45, 2.75) is 33.2 Å². The first-order valence-corrected chi connectivity index (χ1v) is 13.0. The lowest BCUT2D eigenvalue weighted by molar-refractivity contribution is 0.331. The van der Waals surface area contributed by atoms with Gasteiger partial charge in [-0.05, 0) is 66.4 Å². The van der Waals surface area contributed by atoms with Crippen molar-refractivity contribution in [1.29, 1.82) is 0 Å². The number of aromatic nitrogens is 3. The molecule has 192 valence electrons. The highest BCUT2D eigenvalue weighted by molar-refractivity contribution is 5.96. The number of halogens is 1. The normalized spacial score (nSPS) is 13.3. The summed E-state index contributed by atoms with van der Waals surface area (Å²) in [6.45, 7) is 6.01. The summed E-state index contributed by atoms with van der Waals surface area (Å²) in [5.74, 6) is 1.53. The number of aromatic amines is 1. The number of anilines is 2. The third-order valence-corrected chi connectivity index (χ3v) is 7.38. The van der Waals surface area contributed by atoms with Crippen LogP contribution in [-0.2, 0) is 19.4 Å². The standard InChI is InChI=1S/C31H30FN5O/c1-3-27-30(33)26-16-22(6-10-28(26)36-27)21-7-11-29-23(15-21)17-37(12-13-38-29)31-25(19(2)34-18-35-31)14-20-4-8-24(32)9-5-20/h4-11,15-16,18,36H,3,12-14,17,33H2,1-2H3. The van der Waals surface area contributed by atoms with Crippen molar-refractivity contribution in [3.8, 4) is 16.9 Å². The number of aryl methyl sites for hydroxylation is 2. The fraction of sp³-hybridized carbons (Fsp3) is 0.226. The summed E-state index contributed by atoms with van der Waals surface area (Å²) >= 11 is 0. The van der Waals surface area contributed by atoms with Gasteiger partial charge in [-0.15, -0.1) is 0 Å². The fourth-order valence-corrected chi connectivity index (χ4v) is 5.26. The van der Waals surface area contributed by atoms with Gasteiger partial charge in [0, 0.05) is 46.4 Å². The molecule has 0 spiro atoms.